The number of carboxylic acids is 1. The van der Waals surface area contributed by atoms with Crippen LogP contribution in [0.5, 0.6) is 0 Å². The summed E-state index contributed by atoms with van der Waals surface area (Å²) in [5.74, 6) is -1.31. The van der Waals surface area contributed by atoms with Crippen LogP contribution < -0.4 is 5.32 Å². The number of aromatic nitrogens is 2. The first-order valence-corrected chi connectivity index (χ1v) is 7.58. The number of hydrogen-bond donors (Lipinski definition) is 2. The Hall–Kier alpha value is -2.63. The van der Waals surface area contributed by atoms with Gasteiger partial charge >= 0.3 is 5.97 Å². The summed E-state index contributed by atoms with van der Waals surface area (Å²) < 4.78 is 1.73. The van der Waals surface area contributed by atoms with Crippen molar-refractivity contribution < 1.29 is 14.7 Å². The summed E-state index contributed by atoms with van der Waals surface area (Å²) in [6, 6.07) is 9.26. The summed E-state index contributed by atoms with van der Waals surface area (Å²) >= 11 is 0. The zero-order chi connectivity index (χ0) is 16.9. The molecule has 0 aliphatic rings. The van der Waals surface area contributed by atoms with Gasteiger partial charge in [0.15, 0.2) is 0 Å². The zero-order valence-corrected chi connectivity index (χ0v) is 13.3. The molecule has 0 spiro atoms. The summed E-state index contributed by atoms with van der Waals surface area (Å²) in [7, 11) is 0. The van der Waals surface area contributed by atoms with Crippen molar-refractivity contribution in [3.63, 3.8) is 0 Å². The maximum absolute atomic E-state index is 12.1. The van der Waals surface area contributed by atoms with Crippen LogP contribution in [0.15, 0.2) is 42.7 Å². The molecule has 6 heteroatoms. The van der Waals surface area contributed by atoms with Crippen molar-refractivity contribution in [2.24, 2.45) is 0 Å². The van der Waals surface area contributed by atoms with Gasteiger partial charge in [-0.2, -0.15) is 5.10 Å². The van der Waals surface area contributed by atoms with E-state index in [-0.39, 0.29) is 12.3 Å². The molecule has 122 valence electrons. The molecule has 0 fully saturated rings. The smallest absolute Gasteiger partial charge is 0.329 e. The van der Waals surface area contributed by atoms with Crippen LogP contribution in [-0.4, -0.2) is 32.3 Å². The molecule has 1 aromatic carbocycles. The van der Waals surface area contributed by atoms with Gasteiger partial charge in [-0.15, -0.1) is 0 Å². The molecule has 0 aliphatic heterocycles. The third-order valence-electron chi connectivity index (χ3n) is 3.71. The number of aliphatic carboxylic acids is 1. The number of hydrogen-bond acceptors (Lipinski definition) is 3. The number of benzene rings is 1. The van der Waals surface area contributed by atoms with E-state index in [9.17, 15) is 14.7 Å². The highest BCUT2D eigenvalue weighted by Gasteiger charge is 2.33. The van der Waals surface area contributed by atoms with Gasteiger partial charge in [-0.05, 0) is 37.1 Å². The van der Waals surface area contributed by atoms with E-state index >= 15 is 0 Å². The quantitative estimate of drug-likeness (QED) is 0.820. The number of nitrogens with one attached hydrogen (secondary N) is 1. The monoisotopic (exact) mass is 315 g/mol. The number of carbonyl (C=O) groups excluding carboxylic acids is 1. The number of nitrogens with zero attached hydrogens (tertiary/aromatic N) is 2. The van der Waals surface area contributed by atoms with Crippen molar-refractivity contribution in [1.29, 1.82) is 0 Å². The first kappa shape index (κ1) is 16.7. The van der Waals surface area contributed by atoms with Crippen LogP contribution >= 0.6 is 0 Å². The van der Waals surface area contributed by atoms with E-state index in [0.717, 1.165) is 11.3 Å². The number of amides is 1. The van der Waals surface area contributed by atoms with Crippen molar-refractivity contribution in [3.05, 3.63) is 48.3 Å². The molecule has 2 N–H and O–H groups in total. The van der Waals surface area contributed by atoms with Gasteiger partial charge in [0.25, 0.3) is 0 Å². The van der Waals surface area contributed by atoms with Crippen LogP contribution in [0.1, 0.15) is 32.3 Å². The van der Waals surface area contributed by atoms with Crippen molar-refractivity contribution >= 4 is 11.9 Å². The van der Waals surface area contributed by atoms with E-state index < -0.39 is 11.5 Å². The molecule has 1 amide bonds. The van der Waals surface area contributed by atoms with Crippen molar-refractivity contribution in [3.8, 4) is 5.69 Å². The molecule has 0 aliphatic carbocycles. The lowest BCUT2D eigenvalue weighted by Gasteiger charge is -2.25. The number of carboxylic acid groups (broad SMARTS) is 1. The van der Waals surface area contributed by atoms with E-state index in [1.165, 1.54) is 6.92 Å². The summed E-state index contributed by atoms with van der Waals surface area (Å²) in [6.07, 6.45) is 4.76. The SMILES string of the molecule is CCCC(C)(NC(=O)Cc1ccc(-n2cccn2)cc1)C(=O)O. The van der Waals surface area contributed by atoms with Gasteiger partial charge in [0, 0.05) is 12.4 Å². The summed E-state index contributed by atoms with van der Waals surface area (Å²) in [6.45, 7) is 3.43. The first-order valence-electron chi connectivity index (χ1n) is 7.58. The lowest BCUT2D eigenvalue weighted by atomic mass is 9.96. The normalized spacial score (nSPS) is 13.3. The number of rotatable bonds is 7. The Morgan fingerprint density at radius 3 is 2.52 bits per heavy atom. The molecule has 2 aromatic rings. The fourth-order valence-corrected chi connectivity index (χ4v) is 2.45. The van der Waals surface area contributed by atoms with Crippen LogP contribution in [-0.2, 0) is 16.0 Å². The molecule has 0 saturated heterocycles. The van der Waals surface area contributed by atoms with E-state index in [1.807, 2.05) is 43.5 Å². The Bertz CT molecular complexity index is 665. The standard InChI is InChI=1S/C17H21N3O3/c1-3-9-17(2,16(22)23)19-15(21)12-13-5-7-14(8-6-13)20-11-4-10-18-20/h4-8,10-11H,3,9,12H2,1-2H3,(H,19,21)(H,22,23). The topological polar surface area (TPSA) is 84.2 Å². The van der Waals surface area contributed by atoms with Gasteiger partial charge < -0.3 is 10.4 Å². The lowest BCUT2D eigenvalue weighted by molar-refractivity contribution is -0.147. The Kier molecular flexibility index (Phi) is 5.16. The van der Waals surface area contributed by atoms with Gasteiger partial charge in [-0.1, -0.05) is 25.5 Å². The van der Waals surface area contributed by atoms with Crippen LogP contribution in [0.2, 0.25) is 0 Å². The van der Waals surface area contributed by atoms with Crippen molar-refractivity contribution in [2.45, 2.75) is 38.6 Å². The maximum Gasteiger partial charge on any atom is 0.329 e. The highest BCUT2D eigenvalue weighted by atomic mass is 16.4. The van der Waals surface area contributed by atoms with Crippen LogP contribution in [0, 0.1) is 0 Å². The van der Waals surface area contributed by atoms with Crippen LogP contribution in [0.3, 0.4) is 0 Å². The second-order valence-electron chi connectivity index (χ2n) is 5.73. The second kappa shape index (κ2) is 7.09. The van der Waals surface area contributed by atoms with Gasteiger partial charge in [0.1, 0.15) is 5.54 Å². The predicted octanol–water partition coefficient (Wildman–Crippen LogP) is 2.17. The van der Waals surface area contributed by atoms with Crippen LogP contribution in [0.25, 0.3) is 5.69 Å². The molecule has 1 aromatic heterocycles. The zero-order valence-electron chi connectivity index (χ0n) is 13.3. The molecule has 23 heavy (non-hydrogen) atoms. The van der Waals surface area contributed by atoms with E-state index in [2.05, 4.69) is 10.4 Å². The van der Waals surface area contributed by atoms with Gasteiger partial charge in [-0.3, -0.25) is 4.79 Å². The number of carbonyl (C=O) groups is 2. The molecular formula is C17H21N3O3. The minimum Gasteiger partial charge on any atom is -0.480 e. The molecule has 2 rings (SSSR count). The van der Waals surface area contributed by atoms with Gasteiger partial charge in [0.05, 0.1) is 12.1 Å². The Morgan fingerprint density at radius 2 is 2.00 bits per heavy atom. The van der Waals surface area contributed by atoms with E-state index in [0.29, 0.717) is 12.8 Å². The molecular weight excluding hydrogens is 294 g/mol. The van der Waals surface area contributed by atoms with Gasteiger partial charge in [-0.25, -0.2) is 9.48 Å². The average Bonchev–Trinajstić information content (AvgIpc) is 3.02. The Morgan fingerprint density at radius 1 is 1.30 bits per heavy atom. The maximum atomic E-state index is 12.1. The van der Waals surface area contributed by atoms with Crippen molar-refractivity contribution in [1.82, 2.24) is 15.1 Å². The first-order chi connectivity index (χ1) is 10.9. The van der Waals surface area contributed by atoms with Crippen molar-refractivity contribution in [2.75, 3.05) is 0 Å². The molecule has 1 unspecified atom stereocenters. The third-order valence-corrected chi connectivity index (χ3v) is 3.71. The molecule has 0 bridgehead atoms. The summed E-state index contributed by atoms with van der Waals surface area (Å²) in [5, 5.41) is 16.1. The highest BCUT2D eigenvalue weighted by molar-refractivity contribution is 5.87. The third kappa shape index (κ3) is 4.18. The molecule has 0 radical (unpaired) electrons. The van der Waals surface area contributed by atoms with Crippen LogP contribution in [0.4, 0.5) is 0 Å². The summed E-state index contributed by atoms with van der Waals surface area (Å²) in [5.41, 5.74) is 0.504. The Balaban J connectivity index is 2.01. The molecule has 1 heterocycles. The minimum atomic E-state index is -1.22. The average molecular weight is 315 g/mol. The molecule has 6 nitrogen and oxygen atoms in total. The minimum absolute atomic E-state index is 0.145. The lowest BCUT2D eigenvalue weighted by Crippen LogP contribution is -2.52. The molecule has 0 saturated carbocycles. The fraction of sp³-hybridized carbons (Fsp3) is 0.353. The van der Waals surface area contributed by atoms with E-state index in [4.69, 9.17) is 0 Å². The van der Waals surface area contributed by atoms with Gasteiger partial charge in [0.2, 0.25) is 5.91 Å². The predicted molar refractivity (Wildman–Crippen MR) is 86.4 cm³/mol. The molecule has 1 atom stereocenters. The summed E-state index contributed by atoms with van der Waals surface area (Å²) in [4.78, 5) is 23.5. The fourth-order valence-electron chi connectivity index (χ4n) is 2.45. The van der Waals surface area contributed by atoms with E-state index in [1.54, 1.807) is 10.9 Å². The highest BCUT2D eigenvalue weighted by Crippen LogP contribution is 2.14. The second-order valence-corrected chi connectivity index (χ2v) is 5.73. The largest absolute Gasteiger partial charge is 0.480 e. The Labute approximate surface area is 135 Å².